The van der Waals surface area contributed by atoms with Crippen LogP contribution in [0.4, 0.5) is 5.69 Å². The number of carbonyl (C=O) groups excluding carboxylic acids is 1. The van der Waals surface area contributed by atoms with E-state index in [9.17, 15) is 14.4 Å². The monoisotopic (exact) mass is 286 g/mol. The fourth-order valence-electron chi connectivity index (χ4n) is 1.26. The van der Waals surface area contributed by atoms with Crippen molar-refractivity contribution in [1.82, 2.24) is 0 Å². The number of carbonyl (C=O) groups is 3. The molecule has 0 saturated carbocycles. The molecule has 0 bridgehead atoms. The molecule has 7 nitrogen and oxygen atoms in total. The van der Waals surface area contributed by atoms with Crippen molar-refractivity contribution in [1.29, 1.82) is 0 Å². The molecule has 1 aromatic rings. The zero-order valence-electron chi connectivity index (χ0n) is 9.59. The van der Waals surface area contributed by atoms with E-state index < -0.39 is 30.3 Å². The van der Waals surface area contributed by atoms with Crippen molar-refractivity contribution in [3.63, 3.8) is 0 Å². The standard InChI is InChI=1S/C11H11ClN2O5/c12-6-3-5(11(18)19)1-2-8(6)14-10(17)7(13)4-9(15)16/h1-3,7H,4,13H2,(H,14,17)(H,15,16)(H,18,19). The van der Waals surface area contributed by atoms with Gasteiger partial charge in [-0.2, -0.15) is 0 Å². The molecule has 0 aliphatic rings. The van der Waals surface area contributed by atoms with Crippen molar-refractivity contribution in [3.8, 4) is 0 Å². The van der Waals surface area contributed by atoms with Crippen LogP contribution in [-0.2, 0) is 9.59 Å². The number of anilines is 1. The smallest absolute Gasteiger partial charge is 0.335 e. The molecule has 0 aliphatic heterocycles. The lowest BCUT2D eigenvalue weighted by molar-refractivity contribution is -0.138. The minimum absolute atomic E-state index is 0.0239. The summed E-state index contributed by atoms with van der Waals surface area (Å²) >= 11 is 5.79. The Morgan fingerprint density at radius 3 is 2.42 bits per heavy atom. The van der Waals surface area contributed by atoms with Crippen molar-refractivity contribution in [2.24, 2.45) is 5.73 Å². The number of hydrogen-bond donors (Lipinski definition) is 4. The average molecular weight is 287 g/mol. The van der Waals surface area contributed by atoms with Gasteiger partial charge in [0.25, 0.3) is 0 Å². The second-order valence-corrected chi connectivity index (χ2v) is 4.10. The number of aliphatic carboxylic acids is 1. The van der Waals surface area contributed by atoms with E-state index in [2.05, 4.69) is 5.32 Å². The topological polar surface area (TPSA) is 130 Å². The molecule has 102 valence electrons. The minimum Gasteiger partial charge on any atom is -0.481 e. The van der Waals surface area contributed by atoms with Crippen LogP contribution in [0.3, 0.4) is 0 Å². The summed E-state index contributed by atoms with van der Waals surface area (Å²) in [6.45, 7) is 0. The largest absolute Gasteiger partial charge is 0.481 e. The summed E-state index contributed by atoms with van der Waals surface area (Å²) in [6, 6.07) is 2.51. The van der Waals surface area contributed by atoms with Gasteiger partial charge in [0.2, 0.25) is 5.91 Å². The van der Waals surface area contributed by atoms with Gasteiger partial charge < -0.3 is 21.3 Å². The highest BCUT2D eigenvalue weighted by Gasteiger charge is 2.18. The van der Waals surface area contributed by atoms with Gasteiger partial charge in [-0.15, -0.1) is 0 Å². The second kappa shape index (κ2) is 6.17. The van der Waals surface area contributed by atoms with Gasteiger partial charge in [-0.25, -0.2) is 4.79 Å². The zero-order valence-corrected chi connectivity index (χ0v) is 10.3. The molecule has 0 aromatic heterocycles. The third-order valence-corrected chi connectivity index (χ3v) is 2.52. The molecule has 0 heterocycles. The van der Waals surface area contributed by atoms with Gasteiger partial charge in [-0.1, -0.05) is 11.6 Å². The maximum atomic E-state index is 11.5. The lowest BCUT2D eigenvalue weighted by Gasteiger charge is -2.11. The van der Waals surface area contributed by atoms with E-state index >= 15 is 0 Å². The average Bonchev–Trinajstić information content (AvgIpc) is 2.30. The minimum atomic E-state index is -1.22. The highest BCUT2D eigenvalue weighted by Crippen LogP contribution is 2.23. The maximum Gasteiger partial charge on any atom is 0.335 e. The zero-order chi connectivity index (χ0) is 14.6. The Morgan fingerprint density at radius 1 is 1.32 bits per heavy atom. The van der Waals surface area contributed by atoms with Gasteiger partial charge in [-0.05, 0) is 18.2 Å². The van der Waals surface area contributed by atoms with E-state index in [0.29, 0.717) is 0 Å². The van der Waals surface area contributed by atoms with Crippen LogP contribution < -0.4 is 11.1 Å². The number of carboxylic acid groups (broad SMARTS) is 2. The van der Waals surface area contributed by atoms with Gasteiger partial charge in [0.05, 0.1) is 28.7 Å². The lowest BCUT2D eigenvalue weighted by Crippen LogP contribution is -2.37. The van der Waals surface area contributed by atoms with Crippen LogP contribution in [0.2, 0.25) is 5.02 Å². The van der Waals surface area contributed by atoms with E-state index in [4.69, 9.17) is 27.5 Å². The number of nitrogens with two attached hydrogens (primary N) is 1. The Hall–Kier alpha value is -2.12. The first-order valence-electron chi connectivity index (χ1n) is 5.12. The fourth-order valence-corrected chi connectivity index (χ4v) is 1.48. The predicted molar refractivity (Wildman–Crippen MR) is 67.3 cm³/mol. The predicted octanol–water partition coefficient (Wildman–Crippen LogP) is 0.779. The van der Waals surface area contributed by atoms with E-state index in [0.717, 1.165) is 0 Å². The highest BCUT2D eigenvalue weighted by atomic mass is 35.5. The van der Waals surface area contributed by atoms with Gasteiger partial charge >= 0.3 is 11.9 Å². The van der Waals surface area contributed by atoms with Crippen molar-refractivity contribution >= 4 is 35.1 Å². The molecule has 1 unspecified atom stereocenters. The maximum absolute atomic E-state index is 11.5. The van der Waals surface area contributed by atoms with Crippen LogP contribution in [0.1, 0.15) is 16.8 Å². The third-order valence-electron chi connectivity index (χ3n) is 2.21. The summed E-state index contributed by atoms with van der Waals surface area (Å²) < 4.78 is 0. The first-order chi connectivity index (χ1) is 8.81. The number of hydrogen-bond acceptors (Lipinski definition) is 4. The normalized spacial score (nSPS) is 11.7. The summed E-state index contributed by atoms with van der Waals surface area (Å²) in [5, 5.41) is 19.6. The molecule has 8 heteroatoms. The van der Waals surface area contributed by atoms with Crippen LogP contribution in [0, 0.1) is 0 Å². The van der Waals surface area contributed by atoms with E-state index in [1.54, 1.807) is 0 Å². The van der Waals surface area contributed by atoms with Crippen LogP contribution >= 0.6 is 11.6 Å². The van der Waals surface area contributed by atoms with E-state index in [1.165, 1.54) is 18.2 Å². The third kappa shape index (κ3) is 4.23. The second-order valence-electron chi connectivity index (χ2n) is 3.69. The summed E-state index contributed by atoms with van der Waals surface area (Å²) in [7, 11) is 0. The quantitative estimate of drug-likeness (QED) is 0.633. The molecule has 1 amide bonds. The lowest BCUT2D eigenvalue weighted by atomic mass is 10.2. The SMILES string of the molecule is NC(CC(=O)O)C(=O)Nc1ccc(C(=O)O)cc1Cl. The van der Waals surface area contributed by atoms with Crippen molar-refractivity contribution < 1.29 is 24.6 Å². The van der Waals surface area contributed by atoms with Crippen LogP contribution in [0.15, 0.2) is 18.2 Å². The van der Waals surface area contributed by atoms with Crippen LogP contribution in [-0.4, -0.2) is 34.1 Å². The number of halogens is 1. The summed E-state index contributed by atoms with van der Waals surface area (Å²) in [5.41, 5.74) is 5.50. The molecule has 0 spiro atoms. The first-order valence-corrected chi connectivity index (χ1v) is 5.50. The van der Waals surface area contributed by atoms with Crippen molar-refractivity contribution in [2.75, 3.05) is 5.32 Å². The number of nitrogens with one attached hydrogen (secondary N) is 1. The molecule has 5 N–H and O–H groups in total. The molecule has 0 aliphatic carbocycles. The summed E-state index contributed by atoms with van der Waals surface area (Å²) in [4.78, 5) is 32.6. The Labute approximate surface area is 113 Å². The molecule has 0 fully saturated rings. The molecular formula is C11H11ClN2O5. The van der Waals surface area contributed by atoms with Crippen molar-refractivity contribution in [3.05, 3.63) is 28.8 Å². The molecular weight excluding hydrogens is 276 g/mol. The Morgan fingerprint density at radius 2 is 1.95 bits per heavy atom. The Kier molecular flexibility index (Phi) is 4.85. The molecule has 1 aromatic carbocycles. The number of amides is 1. The molecule has 0 saturated heterocycles. The summed E-state index contributed by atoms with van der Waals surface area (Å²) in [5.74, 6) is -3.07. The van der Waals surface area contributed by atoms with Crippen molar-refractivity contribution in [2.45, 2.75) is 12.5 Å². The molecule has 1 rings (SSSR count). The molecule has 0 radical (unpaired) electrons. The molecule has 1 atom stereocenters. The van der Waals surface area contributed by atoms with Crippen LogP contribution in [0.25, 0.3) is 0 Å². The number of carboxylic acids is 2. The van der Waals surface area contributed by atoms with Gasteiger partial charge in [-0.3, -0.25) is 9.59 Å². The van der Waals surface area contributed by atoms with Gasteiger partial charge in [0.1, 0.15) is 0 Å². The summed E-state index contributed by atoms with van der Waals surface area (Å²) in [6.07, 6.45) is -0.517. The Bertz CT molecular complexity index is 532. The Balaban J connectivity index is 2.80. The highest BCUT2D eigenvalue weighted by molar-refractivity contribution is 6.34. The first kappa shape index (κ1) is 14.9. The number of aromatic carboxylic acids is 1. The fraction of sp³-hybridized carbons (Fsp3) is 0.182. The number of benzene rings is 1. The van der Waals surface area contributed by atoms with E-state index in [1.807, 2.05) is 0 Å². The molecule has 19 heavy (non-hydrogen) atoms. The van der Waals surface area contributed by atoms with Gasteiger partial charge in [0, 0.05) is 0 Å². The van der Waals surface area contributed by atoms with E-state index in [-0.39, 0.29) is 16.3 Å². The van der Waals surface area contributed by atoms with Gasteiger partial charge in [0.15, 0.2) is 0 Å². The van der Waals surface area contributed by atoms with Crippen LogP contribution in [0.5, 0.6) is 0 Å². The number of rotatable bonds is 5.